The molecule has 4 rings (SSSR count). The van der Waals surface area contributed by atoms with Gasteiger partial charge in [-0.3, -0.25) is 14.5 Å². The Kier molecular flexibility index (Phi) is 6.58. The number of aromatic nitrogens is 3. The summed E-state index contributed by atoms with van der Waals surface area (Å²) in [6.45, 7) is 1.59. The third kappa shape index (κ3) is 3.67. The number of hydrogen-bond acceptors (Lipinski definition) is 4. The van der Waals surface area contributed by atoms with Crippen LogP contribution in [-0.4, -0.2) is 33.8 Å². The van der Waals surface area contributed by atoms with Crippen molar-refractivity contribution in [3.63, 3.8) is 0 Å². The van der Waals surface area contributed by atoms with Gasteiger partial charge in [0.05, 0.1) is 17.4 Å². The summed E-state index contributed by atoms with van der Waals surface area (Å²) >= 11 is 0. The number of carbonyl (C=O) groups excluding carboxylic acids is 1. The smallest absolute Gasteiger partial charge is 0.252 e. The zero-order chi connectivity index (χ0) is 16.4. The second-order valence-electron chi connectivity index (χ2n) is 6.10. The molecule has 0 aliphatic carbocycles. The van der Waals surface area contributed by atoms with Crippen molar-refractivity contribution in [2.24, 2.45) is 0 Å². The van der Waals surface area contributed by atoms with Gasteiger partial charge >= 0.3 is 0 Å². The molecular weight excluding hydrogens is 373 g/mol. The van der Waals surface area contributed by atoms with Gasteiger partial charge in [0.25, 0.3) is 5.91 Å². The fraction of sp³-hybridized carbons (Fsp3) is 0.278. The summed E-state index contributed by atoms with van der Waals surface area (Å²) in [5, 5.41) is 11.7. The normalized spacial score (nSPS) is 15.5. The summed E-state index contributed by atoms with van der Waals surface area (Å²) in [6.07, 6.45) is 6.71. The maximum Gasteiger partial charge on any atom is 0.252 e. The predicted molar refractivity (Wildman–Crippen MR) is 107 cm³/mol. The second-order valence-corrected chi connectivity index (χ2v) is 6.10. The summed E-state index contributed by atoms with van der Waals surface area (Å²) < 4.78 is 1.79. The fourth-order valence-electron chi connectivity index (χ4n) is 3.31. The molecule has 1 aromatic carbocycles. The Bertz CT molecular complexity index is 863. The van der Waals surface area contributed by atoms with Crippen LogP contribution in [0, 0.1) is 0 Å². The average molecular weight is 394 g/mol. The van der Waals surface area contributed by atoms with E-state index in [-0.39, 0.29) is 30.7 Å². The highest BCUT2D eigenvalue weighted by Crippen LogP contribution is 2.29. The van der Waals surface area contributed by atoms with Crippen LogP contribution >= 0.6 is 24.8 Å². The number of halogens is 2. The minimum Gasteiger partial charge on any atom is -0.323 e. The zero-order valence-electron chi connectivity index (χ0n) is 14.1. The first-order valence-electron chi connectivity index (χ1n) is 8.15. The minimum absolute atomic E-state index is 0. The van der Waals surface area contributed by atoms with Crippen molar-refractivity contribution in [1.82, 2.24) is 20.1 Å². The summed E-state index contributed by atoms with van der Waals surface area (Å²) in [5.41, 5.74) is 0.975. The number of para-hydroxylation sites is 1. The van der Waals surface area contributed by atoms with E-state index < -0.39 is 5.54 Å². The lowest BCUT2D eigenvalue weighted by Crippen LogP contribution is -2.52. The van der Waals surface area contributed by atoms with Gasteiger partial charge in [0.2, 0.25) is 0 Å². The molecule has 3 aromatic rings. The Morgan fingerprint density at radius 3 is 2.65 bits per heavy atom. The molecule has 1 aliphatic rings. The summed E-state index contributed by atoms with van der Waals surface area (Å²) in [6, 6.07) is 11.7. The number of anilines is 1. The number of nitrogens with zero attached hydrogens (tertiary/aromatic N) is 3. The largest absolute Gasteiger partial charge is 0.323 e. The van der Waals surface area contributed by atoms with Gasteiger partial charge in [0, 0.05) is 17.8 Å². The van der Waals surface area contributed by atoms with E-state index >= 15 is 0 Å². The SMILES string of the molecule is Cl.Cl.O=C(Nc1cnc2ccccc2c1)C1(n2cccn2)CCNCC1. The molecule has 1 aliphatic heterocycles. The van der Waals surface area contributed by atoms with Gasteiger partial charge in [-0.2, -0.15) is 5.10 Å². The third-order valence-electron chi connectivity index (χ3n) is 4.64. The van der Waals surface area contributed by atoms with E-state index in [9.17, 15) is 4.79 Å². The highest BCUT2D eigenvalue weighted by Gasteiger charge is 2.42. The molecule has 2 aromatic heterocycles. The van der Waals surface area contributed by atoms with Crippen LogP contribution in [-0.2, 0) is 10.3 Å². The molecule has 1 fully saturated rings. The number of rotatable bonds is 3. The van der Waals surface area contributed by atoms with E-state index in [0.29, 0.717) is 18.5 Å². The summed E-state index contributed by atoms with van der Waals surface area (Å²) in [7, 11) is 0. The van der Waals surface area contributed by atoms with Crippen molar-refractivity contribution in [1.29, 1.82) is 0 Å². The van der Waals surface area contributed by atoms with Gasteiger partial charge in [-0.25, -0.2) is 0 Å². The molecule has 1 saturated heterocycles. The highest BCUT2D eigenvalue weighted by atomic mass is 35.5. The van der Waals surface area contributed by atoms with Crippen molar-refractivity contribution >= 4 is 47.3 Å². The number of amides is 1. The number of benzene rings is 1. The second kappa shape index (κ2) is 8.49. The van der Waals surface area contributed by atoms with E-state index in [1.54, 1.807) is 17.1 Å². The standard InChI is InChI=1S/C18H19N5O.2ClH/c24-17(18(6-9-19-10-7-18)23-11-3-8-21-23)22-15-12-14-4-1-2-5-16(14)20-13-15;;/h1-5,8,11-13,19H,6-7,9-10H2,(H,22,24);2*1H. The van der Waals surface area contributed by atoms with Crippen LogP contribution in [0.25, 0.3) is 10.9 Å². The van der Waals surface area contributed by atoms with Gasteiger partial charge < -0.3 is 10.6 Å². The maximum atomic E-state index is 13.1. The molecule has 3 heterocycles. The van der Waals surface area contributed by atoms with Gasteiger partial charge in [0.15, 0.2) is 0 Å². The lowest BCUT2D eigenvalue weighted by molar-refractivity contribution is -0.126. The van der Waals surface area contributed by atoms with E-state index in [4.69, 9.17) is 0 Å². The summed E-state index contributed by atoms with van der Waals surface area (Å²) in [4.78, 5) is 17.5. The average Bonchev–Trinajstić information content (AvgIpc) is 3.17. The maximum absolute atomic E-state index is 13.1. The van der Waals surface area contributed by atoms with Crippen molar-refractivity contribution in [3.05, 3.63) is 55.0 Å². The van der Waals surface area contributed by atoms with Crippen LogP contribution in [0.1, 0.15) is 12.8 Å². The molecule has 0 unspecified atom stereocenters. The van der Waals surface area contributed by atoms with E-state index in [2.05, 4.69) is 20.7 Å². The van der Waals surface area contributed by atoms with Gasteiger partial charge in [-0.15, -0.1) is 24.8 Å². The molecule has 0 radical (unpaired) electrons. The molecule has 1 amide bonds. The molecule has 138 valence electrons. The highest BCUT2D eigenvalue weighted by molar-refractivity contribution is 5.98. The Morgan fingerprint density at radius 2 is 1.92 bits per heavy atom. The van der Waals surface area contributed by atoms with E-state index in [1.165, 1.54) is 0 Å². The molecule has 0 atom stereocenters. The monoisotopic (exact) mass is 393 g/mol. The van der Waals surface area contributed by atoms with E-state index in [1.807, 2.05) is 42.6 Å². The van der Waals surface area contributed by atoms with Crippen LogP contribution in [0.3, 0.4) is 0 Å². The number of fused-ring (bicyclic) bond motifs is 1. The topological polar surface area (TPSA) is 71.8 Å². The minimum atomic E-state index is -0.652. The van der Waals surface area contributed by atoms with Gasteiger partial charge in [-0.05, 0) is 44.1 Å². The number of carbonyl (C=O) groups is 1. The first-order chi connectivity index (χ1) is 11.8. The quantitative estimate of drug-likeness (QED) is 0.717. The van der Waals surface area contributed by atoms with Gasteiger partial charge in [0.1, 0.15) is 5.54 Å². The molecule has 2 N–H and O–H groups in total. The number of hydrogen-bond donors (Lipinski definition) is 2. The Labute approximate surface area is 164 Å². The third-order valence-corrected chi connectivity index (χ3v) is 4.64. The van der Waals surface area contributed by atoms with Crippen molar-refractivity contribution in [2.75, 3.05) is 18.4 Å². The molecule has 6 nitrogen and oxygen atoms in total. The van der Waals surface area contributed by atoms with Crippen molar-refractivity contribution in [3.8, 4) is 0 Å². The van der Waals surface area contributed by atoms with Crippen LogP contribution in [0.15, 0.2) is 55.0 Å². The van der Waals surface area contributed by atoms with Crippen LogP contribution in [0.5, 0.6) is 0 Å². The van der Waals surface area contributed by atoms with E-state index in [0.717, 1.165) is 24.0 Å². The molecule has 0 saturated carbocycles. The lowest BCUT2D eigenvalue weighted by atomic mass is 9.87. The molecular formula is C18H21Cl2N5O. The van der Waals surface area contributed by atoms with Crippen molar-refractivity contribution < 1.29 is 4.79 Å². The van der Waals surface area contributed by atoms with Crippen LogP contribution in [0.2, 0.25) is 0 Å². The molecule has 8 heteroatoms. The molecule has 0 spiro atoms. The first kappa shape index (κ1) is 20.2. The van der Waals surface area contributed by atoms with Crippen LogP contribution < -0.4 is 10.6 Å². The molecule has 26 heavy (non-hydrogen) atoms. The van der Waals surface area contributed by atoms with Crippen molar-refractivity contribution in [2.45, 2.75) is 18.4 Å². The lowest BCUT2D eigenvalue weighted by Gasteiger charge is -2.36. The predicted octanol–water partition coefficient (Wildman–Crippen LogP) is 2.99. The first-order valence-corrected chi connectivity index (χ1v) is 8.15. The fourth-order valence-corrected chi connectivity index (χ4v) is 3.31. The number of nitrogens with one attached hydrogen (secondary N) is 2. The van der Waals surface area contributed by atoms with Crippen LogP contribution in [0.4, 0.5) is 5.69 Å². The zero-order valence-corrected chi connectivity index (χ0v) is 15.7. The van der Waals surface area contributed by atoms with Gasteiger partial charge in [-0.1, -0.05) is 18.2 Å². The summed E-state index contributed by atoms with van der Waals surface area (Å²) in [5.74, 6) is -0.0372. The number of piperidine rings is 1. The Morgan fingerprint density at radius 1 is 1.15 bits per heavy atom. The Hall–Kier alpha value is -2.15. The Balaban J connectivity index is 0.00000121. The number of pyridine rings is 1. The molecule has 0 bridgehead atoms.